The van der Waals surface area contributed by atoms with Gasteiger partial charge in [0, 0.05) is 43.7 Å². The SMILES string of the molecule is Cn1cc(Cc2cn(CC(=O)N(CC(=O)[O-])Cc3ccc(-c4ccc(C(F)(F)F)cc4)cc3)c(SCc3ccc(F)cc3)nc2=O)cn1.[Na+]. The Balaban J connectivity index is 0.00000541. The van der Waals surface area contributed by atoms with Gasteiger partial charge >= 0.3 is 35.7 Å². The zero-order valence-electron chi connectivity index (χ0n) is 26.5. The largest absolute Gasteiger partial charge is 1.00 e. The third-order valence-electron chi connectivity index (χ3n) is 7.31. The predicted octanol–water partition coefficient (Wildman–Crippen LogP) is 1.47. The summed E-state index contributed by atoms with van der Waals surface area (Å²) in [6, 6.07) is 17.1. The van der Waals surface area contributed by atoms with Gasteiger partial charge in [-0.05, 0) is 52.1 Å². The van der Waals surface area contributed by atoms with E-state index in [1.165, 1.54) is 35.0 Å². The van der Waals surface area contributed by atoms with Crippen molar-refractivity contribution in [1.82, 2.24) is 24.2 Å². The molecule has 0 N–H and O–H groups in total. The smallest absolute Gasteiger partial charge is 0.548 e. The number of aliphatic carboxylic acids is 1. The van der Waals surface area contributed by atoms with Crippen LogP contribution in [0.3, 0.4) is 0 Å². The van der Waals surface area contributed by atoms with Crippen molar-refractivity contribution in [3.8, 4) is 11.1 Å². The Bertz CT molecular complexity index is 1970. The van der Waals surface area contributed by atoms with Gasteiger partial charge in [0.1, 0.15) is 12.4 Å². The van der Waals surface area contributed by atoms with Crippen molar-refractivity contribution < 1.29 is 61.8 Å². The molecular formula is C34H28F4N5NaO4S. The first-order chi connectivity index (χ1) is 22.8. The van der Waals surface area contributed by atoms with E-state index in [-0.39, 0.29) is 54.2 Å². The van der Waals surface area contributed by atoms with Crippen LogP contribution in [0.15, 0.2) is 101 Å². The molecule has 9 nitrogen and oxygen atoms in total. The summed E-state index contributed by atoms with van der Waals surface area (Å²) in [5, 5.41) is 16.0. The fraction of sp³-hybridized carbons (Fsp3) is 0.206. The van der Waals surface area contributed by atoms with Gasteiger partial charge in [-0.1, -0.05) is 60.3 Å². The van der Waals surface area contributed by atoms with Crippen molar-refractivity contribution in [2.75, 3.05) is 6.54 Å². The monoisotopic (exact) mass is 701 g/mol. The number of aryl methyl sites for hydroxylation is 1. The van der Waals surface area contributed by atoms with Crippen LogP contribution in [0, 0.1) is 5.82 Å². The molecule has 0 unspecified atom stereocenters. The number of rotatable bonds is 12. The number of hydrogen-bond donors (Lipinski definition) is 0. The standard InChI is InChI=1S/C34H29F4N5O4S.Na/c1-41-16-24(15-39-41)14-27-18-43(33(40-32(27)47)48-21-23-4-12-29(35)13-5-23)19-30(44)42(20-31(45)46)17-22-2-6-25(7-3-22)26-8-10-28(11-9-26)34(36,37)38;/h2-13,15-16,18H,14,17,19-21H2,1H3,(H,45,46);/q;+1/p-1. The zero-order valence-corrected chi connectivity index (χ0v) is 29.3. The minimum atomic E-state index is -4.45. The van der Waals surface area contributed by atoms with Gasteiger partial charge in [-0.15, -0.1) is 0 Å². The van der Waals surface area contributed by atoms with Gasteiger partial charge in [0.2, 0.25) is 5.91 Å². The van der Waals surface area contributed by atoms with E-state index in [2.05, 4.69) is 10.1 Å². The molecule has 5 rings (SSSR count). The molecule has 0 saturated heterocycles. The molecule has 1 amide bonds. The Morgan fingerprint density at radius 2 is 1.51 bits per heavy atom. The summed E-state index contributed by atoms with van der Waals surface area (Å²) < 4.78 is 55.3. The topological polar surface area (TPSA) is 113 Å². The molecule has 248 valence electrons. The van der Waals surface area contributed by atoms with Crippen molar-refractivity contribution in [2.24, 2.45) is 7.05 Å². The number of carbonyl (C=O) groups is 2. The van der Waals surface area contributed by atoms with E-state index < -0.39 is 41.5 Å². The number of nitrogens with zero attached hydrogens (tertiary/aromatic N) is 5. The molecule has 0 fully saturated rings. The van der Waals surface area contributed by atoms with Gasteiger partial charge in [-0.3, -0.25) is 14.3 Å². The van der Waals surface area contributed by atoms with E-state index in [0.717, 1.165) is 39.9 Å². The van der Waals surface area contributed by atoms with E-state index in [0.29, 0.717) is 28.0 Å². The minimum absolute atomic E-state index is 0. The molecule has 0 spiro atoms. The molecule has 0 saturated carbocycles. The molecule has 5 aromatic rings. The van der Waals surface area contributed by atoms with Crippen molar-refractivity contribution in [2.45, 2.75) is 36.6 Å². The Kier molecular flexibility index (Phi) is 12.6. The van der Waals surface area contributed by atoms with E-state index in [4.69, 9.17) is 0 Å². The second kappa shape index (κ2) is 16.4. The predicted molar refractivity (Wildman–Crippen MR) is 168 cm³/mol. The minimum Gasteiger partial charge on any atom is -0.548 e. The van der Waals surface area contributed by atoms with Crippen LogP contribution in [0.5, 0.6) is 0 Å². The molecular weight excluding hydrogens is 673 g/mol. The molecule has 2 aromatic heterocycles. The van der Waals surface area contributed by atoms with Crippen LogP contribution in [0.25, 0.3) is 11.1 Å². The molecule has 49 heavy (non-hydrogen) atoms. The third-order valence-corrected chi connectivity index (χ3v) is 8.38. The van der Waals surface area contributed by atoms with Gasteiger partial charge < -0.3 is 19.4 Å². The summed E-state index contributed by atoms with van der Waals surface area (Å²) in [6.45, 7) is -1.17. The maximum Gasteiger partial charge on any atom is 1.00 e. The Morgan fingerprint density at radius 3 is 2.08 bits per heavy atom. The van der Waals surface area contributed by atoms with Gasteiger partial charge in [0.05, 0.1) is 24.3 Å². The number of amides is 1. The average molecular weight is 702 g/mol. The molecule has 3 aromatic carbocycles. The number of benzene rings is 3. The number of alkyl halides is 3. The second-order valence-corrected chi connectivity index (χ2v) is 11.9. The number of carbonyl (C=O) groups excluding carboxylic acids is 2. The van der Waals surface area contributed by atoms with Gasteiger partial charge in [-0.2, -0.15) is 23.3 Å². The number of halogens is 4. The second-order valence-electron chi connectivity index (χ2n) is 11.0. The van der Waals surface area contributed by atoms with E-state index >= 15 is 0 Å². The van der Waals surface area contributed by atoms with E-state index in [1.54, 1.807) is 60.5 Å². The van der Waals surface area contributed by atoms with Crippen molar-refractivity contribution in [3.63, 3.8) is 0 Å². The van der Waals surface area contributed by atoms with Crippen molar-refractivity contribution >= 4 is 23.6 Å². The molecule has 0 aliphatic heterocycles. The Morgan fingerprint density at radius 1 is 0.898 bits per heavy atom. The molecule has 2 heterocycles. The summed E-state index contributed by atoms with van der Waals surface area (Å²) in [6.07, 6.45) is 0.618. The van der Waals surface area contributed by atoms with Crippen molar-refractivity contribution in [1.29, 1.82) is 0 Å². The molecule has 0 aliphatic carbocycles. The Hall–Kier alpha value is -4.24. The van der Waals surface area contributed by atoms with Gasteiger partial charge in [0.25, 0.3) is 5.56 Å². The fourth-order valence-electron chi connectivity index (χ4n) is 4.89. The number of hydrogen-bond acceptors (Lipinski definition) is 7. The normalized spacial score (nSPS) is 11.2. The third kappa shape index (κ3) is 10.4. The molecule has 0 atom stereocenters. The van der Waals surface area contributed by atoms with Gasteiger partial charge in [0.15, 0.2) is 5.16 Å². The number of thioether (sulfide) groups is 1. The molecule has 0 aliphatic rings. The number of aromatic nitrogens is 4. The fourth-order valence-corrected chi connectivity index (χ4v) is 5.81. The van der Waals surface area contributed by atoms with Crippen LogP contribution in [0.1, 0.15) is 27.8 Å². The summed E-state index contributed by atoms with van der Waals surface area (Å²) in [7, 11) is 1.74. The van der Waals surface area contributed by atoms with Crippen LogP contribution >= 0.6 is 11.8 Å². The van der Waals surface area contributed by atoms with Crippen LogP contribution in [-0.4, -0.2) is 42.7 Å². The maximum atomic E-state index is 13.6. The summed E-state index contributed by atoms with van der Waals surface area (Å²) in [5.74, 6) is -2.15. The van der Waals surface area contributed by atoms with E-state index in [1.807, 2.05) is 0 Å². The molecule has 15 heteroatoms. The number of carboxylic acids is 1. The van der Waals surface area contributed by atoms with Gasteiger partial charge in [-0.25, -0.2) is 4.39 Å². The quantitative estimate of drug-likeness (QED) is 0.0839. The van der Waals surface area contributed by atoms with Crippen LogP contribution in [-0.2, 0) is 48.1 Å². The molecule has 0 bridgehead atoms. The summed E-state index contributed by atoms with van der Waals surface area (Å²) in [4.78, 5) is 43.6. The first-order valence-corrected chi connectivity index (χ1v) is 15.5. The molecule has 0 radical (unpaired) electrons. The zero-order chi connectivity index (χ0) is 34.4. The van der Waals surface area contributed by atoms with Crippen LogP contribution < -0.4 is 40.2 Å². The maximum absolute atomic E-state index is 13.6. The Labute approximate surface area is 304 Å². The van der Waals surface area contributed by atoms with E-state index in [9.17, 15) is 37.1 Å². The summed E-state index contributed by atoms with van der Waals surface area (Å²) in [5.41, 5.74) is 2.30. The van der Waals surface area contributed by atoms with Crippen molar-refractivity contribution in [3.05, 3.63) is 135 Å². The summed E-state index contributed by atoms with van der Waals surface area (Å²) >= 11 is 1.16. The van der Waals surface area contributed by atoms with Crippen LogP contribution in [0.4, 0.5) is 17.6 Å². The number of carboxylic acid groups (broad SMARTS) is 1. The van der Waals surface area contributed by atoms with Crippen LogP contribution in [0.2, 0.25) is 0 Å². The first kappa shape index (κ1) is 37.6. The average Bonchev–Trinajstić information content (AvgIpc) is 3.46. The first-order valence-electron chi connectivity index (χ1n) is 14.5.